The Morgan fingerprint density at radius 3 is 2.60 bits per heavy atom. The zero-order valence-electron chi connectivity index (χ0n) is 10.1. The lowest BCUT2D eigenvalue weighted by Crippen LogP contribution is -2.21. The first-order valence-corrected chi connectivity index (χ1v) is 7.26. The number of carbonyl (C=O) groups is 1. The van der Waals surface area contributed by atoms with Crippen LogP contribution in [-0.2, 0) is 4.79 Å². The molecule has 6 heteroatoms. The lowest BCUT2D eigenvalue weighted by Gasteiger charge is -2.17. The predicted molar refractivity (Wildman–Crippen MR) is 82.2 cm³/mol. The number of nitrogens with one attached hydrogen (secondary N) is 1. The molecule has 2 N–H and O–H groups in total. The average molecular weight is 403 g/mol. The van der Waals surface area contributed by atoms with Crippen LogP contribution in [0.15, 0.2) is 51.4 Å². The minimum absolute atomic E-state index is 0.331. The minimum Gasteiger partial charge on any atom is -0.479 e. The Morgan fingerprint density at radius 2 is 1.95 bits per heavy atom. The first-order valence-electron chi connectivity index (χ1n) is 5.67. The van der Waals surface area contributed by atoms with E-state index in [2.05, 4.69) is 37.2 Å². The van der Waals surface area contributed by atoms with E-state index in [1.807, 2.05) is 6.07 Å². The van der Waals surface area contributed by atoms with Crippen molar-refractivity contribution in [3.05, 3.63) is 62.8 Å². The molecular weight excluding hydrogens is 393 g/mol. The molecule has 0 saturated carbocycles. The summed E-state index contributed by atoms with van der Waals surface area (Å²) in [6.45, 7) is 0. The first-order chi connectivity index (χ1) is 9.47. The summed E-state index contributed by atoms with van der Waals surface area (Å²) in [6, 6.07) is 10.0. The number of hydrogen-bond donors (Lipinski definition) is 2. The van der Waals surface area contributed by atoms with Gasteiger partial charge in [0.25, 0.3) is 0 Å². The van der Waals surface area contributed by atoms with Gasteiger partial charge in [0.2, 0.25) is 0 Å². The maximum absolute atomic E-state index is 13.3. The fraction of sp³-hybridized carbons (Fsp3) is 0.0714. The van der Waals surface area contributed by atoms with E-state index in [0.29, 0.717) is 15.7 Å². The molecule has 0 spiro atoms. The first kappa shape index (κ1) is 15.0. The van der Waals surface area contributed by atoms with Crippen LogP contribution in [-0.4, -0.2) is 11.1 Å². The Balaban J connectivity index is 2.37. The standard InChI is InChI=1S/C14H10Br2FNO2/c15-8-2-1-3-10(6-8)18-13(14(19)20)11-7-9(17)4-5-12(11)16/h1-7,13,18H,(H,19,20). The molecule has 0 saturated heterocycles. The third-order valence-corrected chi connectivity index (χ3v) is 3.87. The van der Waals surface area contributed by atoms with Crippen molar-refractivity contribution in [1.29, 1.82) is 0 Å². The van der Waals surface area contributed by atoms with Crippen LogP contribution in [0.25, 0.3) is 0 Å². The van der Waals surface area contributed by atoms with Gasteiger partial charge < -0.3 is 10.4 Å². The van der Waals surface area contributed by atoms with Crippen molar-refractivity contribution in [2.24, 2.45) is 0 Å². The van der Waals surface area contributed by atoms with Crippen LogP contribution in [0, 0.1) is 5.82 Å². The molecule has 0 aliphatic rings. The second-order valence-electron chi connectivity index (χ2n) is 4.09. The molecule has 20 heavy (non-hydrogen) atoms. The van der Waals surface area contributed by atoms with Crippen LogP contribution >= 0.6 is 31.9 Å². The number of carboxylic acid groups (broad SMARTS) is 1. The van der Waals surface area contributed by atoms with Crippen LogP contribution in [0.2, 0.25) is 0 Å². The van der Waals surface area contributed by atoms with Gasteiger partial charge in [-0.3, -0.25) is 0 Å². The lowest BCUT2D eigenvalue weighted by molar-refractivity contribution is -0.138. The van der Waals surface area contributed by atoms with Crippen molar-refractivity contribution in [2.75, 3.05) is 5.32 Å². The van der Waals surface area contributed by atoms with E-state index in [4.69, 9.17) is 0 Å². The van der Waals surface area contributed by atoms with E-state index in [1.54, 1.807) is 18.2 Å². The summed E-state index contributed by atoms with van der Waals surface area (Å²) in [5.74, 6) is -1.57. The molecule has 0 radical (unpaired) electrons. The van der Waals surface area contributed by atoms with Gasteiger partial charge in [0.15, 0.2) is 6.04 Å². The monoisotopic (exact) mass is 401 g/mol. The van der Waals surface area contributed by atoms with Gasteiger partial charge in [-0.2, -0.15) is 0 Å². The zero-order chi connectivity index (χ0) is 14.7. The molecule has 0 heterocycles. The topological polar surface area (TPSA) is 49.3 Å². The predicted octanol–water partition coefficient (Wildman–Crippen LogP) is 4.59. The van der Waals surface area contributed by atoms with Crippen molar-refractivity contribution in [2.45, 2.75) is 6.04 Å². The van der Waals surface area contributed by atoms with Crippen molar-refractivity contribution in [3.8, 4) is 0 Å². The maximum Gasteiger partial charge on any atom is 0.330 e. The highest BCUT2D eigenvalue weighted by Crippen LogP contribution is 2.28. The molecule has 1 unspecified atom stereocenters. The normalized spacial score (nSPS) is 11.9. The summed E-state index contributed by atoms with van der Waals surface area (Å²) in [4.78, 5) is 11.4. The van der Waals surface area contributed by atoms with Crippen LogP contribution in [0.3, 0.4) is 0 Å². The van der Waals surface area contributed by atoms with E-state index in [1.165, 1.54) is 18.2 Å². The molecule has 2 rings (SSSR count). The number of halogens is 3. The highest BCUT2D eigenvalue weighted by atomic mass is 79.9. The van der Waals surface area contributed by atoms with Crippen molar-refractivity contribution >= 4 is 43.5 Å². The molecule has 2 aromatic rings. The molecule has 1 atom stereocenters. The fourth-order valence-corrected chi connectivity index (χ4v) is 2.63. The number of hydrogen-bond acceptors (Lipinski definition) is 2. The molecule has 0 amide bonds. The summed E-state index contributed by atoms with van der Waals surface area (Å²) in [6.07, 6.45) is 0. The van der Waals surface area contributed by atoms with Gasteiger partial charge in [-0.15, -0.1) is 0 Å². The Hall–Kier alpha value is -1.40. The van der Waals surface area contributed by atoms with Crippen molar-refractivity contribution in [1.82, 2.24) is 0 Å². The Bertz CT molecular complexity index is 649. The van der Waals surface area contributed by atoms with Crippen LogP contribution < -0.4 is 5.32 Å². The number of benzene rings is 2. The number of anilines is 1. The zero-order valence-corrected chi connectivity index (χ0v) is 13.3. The lowest BCUT2D eigenvalue weighted by atomic mass is 10.1. The number of aliphatic carboxylic acids is 1. The minimum atomic E-state index is -1.09. The smallest absolute Gasteiger partial charge is 0.330 e. The molecule has 104 valence electrons. The molecule has 2 aromatic carbocycles. The van der Waals surface area contributed by atoms with Crippen molar-refractivity contribution in [3.63, 3.8) is 0 Å². The molecule has 0 fully saturated rings. The summed E-state index contributed by atoms with van der Waals surface area (Å²) in [7, 11) is 0. The number of carboxylic acids is 1. The third-order valence-electron chi connectivity index (χ3n) is 2.65. The van der Waals surface area contributed by atoms with Crippen molar-refractivity contribution < 1.29 is 14.3 Å². The molecular formula is C14H10Br2FNO2. The molecule has 0 aromatic heterocycles. The van der Waals surface area contributed by atoms with Gasteiger partial charge in [-0.25, -0.2) is 9.18 Å². The van der Waals surface area contributed by atoms with E-state index in [0.717, 1.165) is 4.47 Å². The maximum atomic E-state index is 13.3. The van der Waals surface area contributed by atoms with Gasteiger partial charge in [0, 0.05) is 20.2 Å². The van der Waals surface area contributed by atoms with E-state index in [9.17, 15) is 14.3 Å². The Kier molecular flexibility index (Phi) is 4.77. The molecule has 3 nitrogen and oxygen atoms in total. The second kappa shape index (κ2) is 6.37. The second-order valence-corrected chi connectivity index (χ2v) is 5.86. The van der Waals surface area contributed by atoms with Crippen LogP contribution in [0.1, 0.15) is 11.6 Å². The SMILES string of the molecule is O=C(O)C(Nc1cccc(Br)c1)c1cc(F)ccc1Br. The van der Waals surface area contributed by atoms with Gasteiger partial charge in [-0.05, 0) is 36.4 Å². The Labute approximate surface area is 132 Å². The number of rotatable bonds is 4. The molecule has 0 bridgehead atoms. The fourth-order valence-electron chi connectivity index (χ4n) is 1.75. The van der Waals surface area contributed by atoms with E-state index in [-0.39, 0.29) is 0 Å². The summed E-state index contributed by atoms with van der Waals surface area (Å²) in [5, 5.41) is 12.2. The summed E-state index contributed by atoms with van der Waals surface area (Å²) < 4.78 is 14.7. The summed E-state index contributed by atoms with van der Waals surface area (Å²) >= 11 is 6.56. The van der Waals surface area contributed by atoms with E-state index >= 15 is 0 Å². The third kappa shape index (κ3) is 3.58. The van der Waals surface area contributed by atoms with Gasteiger partial charge in [0.1, 0.15) is 5.82 Å². The van der Waals surface area contributed by atoms with Crippen LogP contribution in [0.4, 0.5) is 10.1 Å². The molecule has 0 aliphatic carbocycles. The average Bonchev–Trinajstić information content (AvgIpc) is 2.39. The van der Waals surface area contributed by atoms with Crippen LogP contribution in [0.5, 0.6) is 0 Å². The molecule has 0 aliphatic heterocycles. The van der Waals surface area contributed by atoms with E-state index < -0.39 is 17.8 Å². The van der Waals surface area contributed by atoms with Gasteiger partial charge >= 0.3 is 5.97 Å². The Morgan fingerprint density at radius 1 is 1.20 bits per heavy atom. The van der Waals surface area contributed by atoms with Gasteiger partial charge in [0.05, 0.1) is 0 Å². The summed E-state index contributed by atoms with van der Waals surface area (Å²) in [5.41, 5.74) is 0.959. The van der Waals surface area contributed by atoms with Gasteiger partial charge in [-0.1, -0.05) is 37.9 Å². The quantitative estimate of drug-likeness (QED) is 0.786. The highest BCUT2D eigenvalue weighted by molar-refractivity contribution is 9.10. The highest BCUT2D eigenvalue weighted by Gasteiger charge is 2.22. The largest absolute Gasteiger partial charge is 0.479 e.